The molecule has 0 unspecified atom stereocenters. The first-order valence-corrected chi connectivity index (χ1v) is 9.05. The lowest BCUT2D eigenvalue weighted by molar-refractivity contribution is 0.946. The molecule has 0 atom stereocenters. The highest BCUT2D eigenvalue weighted by Crippen LogP contribution is 2.43. The molecule has 6 heteroatoms. The first-order chi connectivity index (χ1) is 5.91. The van der Waals surface area contributed by atoms with Crippen molar-refractivity contribution in [2.45, 2.75) is 12.8 Å². The average Bonchev–Trinajstić information content (AvgIpc) is 2.10. The molecule has 0 fully saturated rings. The van der Waals surface area contributed by atoms with Gasteiger partial charge in [0.25, 0.3) is 0 Å². The van der Waals surface area contributed by atoms with E-state index in [0.717, 1.165) is 37.4 Å². The quantitative estimate of drug-likeness (QED) is 0.480. The van der Waals surface area contributed by atoms with Crippen LogP contribution in [0.2, 0.25) is 0 Å². The van der Waals surface area contributed by atoms with Crippen LogP contribution < -0.4 is 11.5 Å². The molecule has 0 rings (SSSR count). The van der Waals surface area contributed by atoms with Crippen LogP contribution in [0.1, 0.15) is 12.8 Å². The van der Waals surface area contributed by atoms with E-state index in [1.54, 1.807) is 0 Å². The monoisotopic (exact) mass is 244 g/mol. The van der Waals surface area contributed by atoms with Gasteiger partial charge in [-0.2, -0.15) is 0 Å². The molecule has 2 nitrogen and oxygen atoms in total. The topological polar surface area (TPSA) is 52.0 Å². The van der Waals surface area contributed by atoms with Crippen molar-refractivity contribution in [3.63, 3.8) is 0 Å². The Labute approximate surface area is 89.9 Å². The zero-order valence-electron chi connectivity index (χ0n) is 7.03. The molecule has 0 heterocycles. The third-order valence-electron chi connectivity index (χ3n) is 0.988. The summed E-state index contributed by atoms with van der Waals surface area (Å²) in [5.74, 6) is 2.32. The molecule has 0 saturated heterocycles. The second kappa shape index (κ2) is 12.3. The fourth-order valence-electron chi connectivity index (χ4n) is 0.392. The van der Waals surface area contributed by atoms with Gasteiger partial charge < -0.3 is 11.5 Å². The standard InChI is InChI=1S/C6H16N2S4/c7-3-1-5-9-11-12-10-6-2-4-8/h1-8H2. The van der Waals surface area contributed by atoms with Crippen LogP contribution in [0.5, 0.6) is 0 Å². The van der Waals surface area contributed by atoms with Crippen LogP contribution >= 0.6 is 41.2 Å². The predicted octanol–water partition coefficient (Wildman–Crippen LogP) is 2.36. The summed E-state index contributed by atoms with van der Waals surface area (Å²) in [5, 5.41) is 0. The fraction of sp³-hybridized carbons (Fsp3) is 1.00. The Morgan fingerprint density at radius 3 is 1.50 bits per heavy atom. The maximum atomic E-state index is 5.36. The molecule has 0 aliphatic heterocycles. The van der Waals surface area contributed by atoms with Gasteiger partial charge >= 0.3 is 0 Å². The van der Waals surface area contributed by atoms with Crippen LogP contribution in [0.25, 0.3) is 0 Å². The molecule has 0 spiro atoms. The van der Waals surface area contributed by atoms with E-state index < -0.39 is 0 Å². The van der Waals surface area contributed by atoms with Gasteiger partial charge in [-0.05, 0) is 45.6 Å². The highest BCUT2D eigenvalue weighted by molar-refractivity contribution is 9.26. The Kier molecular flexibility index (Phi) is 13.7. The number of hydrogen-bond donors (Lipinski definition) is 2. The Balaban J connectivity index is 2.73. The Morgan fingerprint density at radius 1 is 0.750 bits per heavy atom. The van der Waals surface area contributed by atoms with Gasteiger partial charge in [0.15, 0.2) is 0 Å². The van der Waals surface area contributed by atoms with E-state index in [2.05, 4.69) is 0 Å². The highest BCUT2D eigenvalue weighted by atomic mass is 33.7. The fourth-order valence-corrected chi connectivity index (χ4v) is 6.58. The molecule has 0 aliphatic carbocycles. The normalized spacial score (nSPS) is 10.5. The molecule has 4 N–H and O–H groups in total. The van der Waals surface area contributed by atoms with Crippen LogP contribution in [-0.2, 0) is 0 Å². The van der Waals surface area contributed by atoms with Crippen LogP contribution in [-0.4, -0.2) is 24.6 Å². The van der Waals surface area contributed by atoms with Crippen molar-refractivity contribution in [3.05, 3.63) is 0 Å². The summed E-state index contributed by atoms with van der Waals surface area (Å²) in [5.41, 5.74) is 10.7. The molecule has 0 aromatic rings. The summed E-state index contributed by atoms with van der Waals surface area (Å²) in [6.07, 6.45) is 2.23. The van der Waals surface area contributed by atoms with Gasteiger partial charge in [0.2, 0.25) is 0 Å². The lowest BCUT2D eigenvalue weighted by atomic mass is 10.5. The zero-order valence-corrected chi connectivity index (χ0v) is 10.3. The average molecular weight is 244 g/mol. The maximum absolute atomic E-state index is 5.36. The van der Waals surface area contributed by atoms with Gasteiger partial charge in [-0.1, -0.05) is 21.6 Å². The van der Waals surface area contributed by atoms with Crippen molar-refractivity contribution < 1.29 is 0 Å². The van der Waals surface area contributed by atoms with Crippen molar-refractivity contribution >= 4 is 41.2 Å². The van der Waals surface area contributed by atoms with Gasteiger partial charge in [0.05, 0.1) is 0 Å². The number of hydrogen-bond acceptors (Lipinski definition) is 6. The molecule has 0 saturated carbocycles. The second-order valence-electron chi connectivity index (χ2n) is 2.06. The van der Waals surface area contributed by atoms with E-state index in [1.165, 1.54) is 0 Å². The molecule has 12 heavy (non-hydrogen) atoms. The molecule has 74 valence electrons. The molecular weight excluding hydrogens is 228 g/mol. The third kappa shape index (κ3) is 11.3. The summed E-state index contributed by atoms with van der Waals surface area (Å²) in [4.78, 5) is 0. The van der Waals surface area contributed by atoms with Gasteiger partial charge in [0.1, 0.15) is 0 Å². The predicted molar refractivity (Wildman–Crippen MR) is 67.4 cm³/mol. The van der Waals surface area contributed by atoms with Crippen LogP contribution in [0.4, 0.5) is 0 Å². The van der Waals surface area contributed by atoms with E-state index >= 15 is 0 Å². The zero-order chi connectivity index (χ0) is 9.07. The second-order valence-corrected chi connectivity index (χ2v) is 8.30. The third-order valence-corrected chi connectivity index (χ3v) is 7.62. The van der Waals surface area contributed by atoms with Crippen molar-refractivity contribution in [2.75, 3.05) is 24.6 Å². The molecule has 0 amide bonds. The molecule has 0 aromatic carbocycles. The van der Waals surface area contributed by atoms with E-state index in [9.17, 15) is 0 Å². The first kappa shape index (κ1) is 13.3. The molecule has 0 aliphatic rings. The van der Waals surface area contributed by atoms with E-state index in [4.69, 9.17) is 11.5 Å². The van der Waals surface area contributed by atoms with Crippen molar-refractivity contribution in [1.29, 1.82) is 0 Å². The minimum Gasteiger partial charge on any atom is -0.330 e. The van der Waals surface area contributed by atoms with Gasteiger partial charge in [-0.15, -0.1) is 0 Å². The van der Waals surface area contributed by atoms with E-state index in [-0.39, 0.29) is 0 Å². The minimum absolute atomic E-state index is 0.804. The highest BCUT2D eigenvalue weighted by Gasteiger charge is 1.92. The van der Waals surface area contributed by atoms with Crippen molar-refractivity contribution in [2.24, 2.45) is 11.5 Å². The molecule has 0 bridgehead atoms. The molecular formula is C6H16N2S4. The smallest absolute Gasteiger partial charge is 0.00574 e. The van der Waals surface area contributed by atoms with Crippen LogP contribution in [0, 0.1) is 0 Å². The Morgan fingerprint density at radius 2 is 1.17 bits per heavy atom. The maximum Gasteiger partial charge on any atom is 0.00574 e. The number of nitrogens with two attached hydrogens (primary N) is 2. The van der Waals surface area contributed by atoms with E-state index in [0.29, 0.717) is 0 Å². The van der Waals surface area contributed by atoms with Crippen molar-refractivity contribution in [3.8, 4) is 0 Å². The summed E-state index contributed by atoms with van der Waals surface area (Å²) >= 11 is 0. The lowest BCUT2D eigenvalue weighted by Gasteiger charge is -1.98. The summed E-state index contributed by atoms with van der Waals surface area (Å²) in [7, 11) is 7.45. The van der Waals surface area contributed by atoms with Crippen molar-refractivity contribution in [1.82, 2.24) is 0 Å². The summed E-state index contributed by atoms with van der Waals surface area (Å²) in [6, 6.07) is 0. The minimum atomic E-state index is 0.804. The largest absolute Gasteiger partial charge is 0.330 e. The van der Waals surface area contributed by atoms with Crippen LogP contribution in [0.3, 0.4) is 0 Å². The Bertz CT molecular complexity index is 73.9. The lowest BCUT2D eigenvalue weighted by Crippen LogP contribution is -1.98. The van der Waals surface area contributed by atoms with Gasteiger partial charge in [-0.3, -0.25) is 0 Å². The first-order valence-electron chi connectivity index (χ1n) is 3.89. The molecule has 0 aromatic heterocycles. The van der Waals surface area contributed by atoms with Gasteiger partial charge in [0, 0.05) is 11.5 Å². The van der Waals surface area contributed by atoms with Gasteiger partial charge in [-0.25, -0.2) is 0 Å². The van der Waals surface area contributed by atoms with E-state index in [1.807, 2.05) is 41.2 Å². The summed E-state index contributed by atoms with van der Waals surface area (Å²) in [6.45, 7) is 1.61. The number of rotatable bonds is 9. The van der Waals surface area contributed by atoms with Crippen LogP contribution in [0.15, 0.2) is 0 Å². The molecule has 0 radical (unpaired) electrons. The Hall–Kier alpha value is 1.32. The summed E-state index contributed by atoms with van der Waals surface area (Å²) < 4.78 is 0. The SMILES string of the molecule is NCCCSSSSCCCN.